The zero-order chi connectivity index (χ0) is 14.2. The predicted molar refractivity (Wildman–Crippen MR) is 75.0 cm³/mol. The van der Waals surface area contributed by atoms with Crippen LogP contribution in [-0.2, 0) is 6.54 Å². The van der Waals surface area contributed by atoms with Crippen LogP contribution in [0.4, 0.5) is 0 Å². The minimum Gasteiger partial charge on any atom is -0.283 e. The molecule has 0 bridgehead atoms. The Hall–Kier alpha value is -1.94. The third-order valence-electron chi connectivity index (χ3n) is 2.60. The average Bonchev–Trinajstić information content (AvgIpc) is 2.34. The second-order valence-corrected chi connectivity index (χ2v) is 5.02. The van der Waals surface area contributed by atoms with Crippen LogP contribution in [0.5, 0.6) is 0 Å². The van der Waals surface area contributed by atoms with Gasteiger partial charge in [0, 0.05) is 6.04 Å². The van der Waals surface area contributed by atoms with Gasteiger partial charge in [-0.2, -0.15) is 0 Å². The Morgan fingerprint density at radius 3 is 2.63 bits per heavy atom. The van der Waals surface area contributed by atoms with E-state index in [1.165, 1.54) is 10.8 Å². The molecule has 0 aromatic carbocycles. The van der Waals surface area contributed by atoms with Gasteiger partial charge in [0.05, 0.1) is 12.7 Å². The molecule has 0 aliphatic heterocycles. The lowest BCUT2D eigenvalue weighted by atomic mass is 10.3. The molecule has 0 fully saturated rings. The van der Waals surface area contributed by atoms with Crippen molar-refractivity contribution >= 4 is 27.2 Å². The summed E-state index contributed by atoms with van der Waals surface area (Å²) in [6, 6.07) is -0.202. The molecule has 7 heteroatoms. The van der Waals surface area contributed by atoms with Gasteiger partial charge in [-0.1, -0.05) is 5.92 Å². The van der Waals surface area contributed by atoms with Gasteiger partial charge >= 0.3 is 11.1 Å². The summed E-state index contributed by atoms with van der Waals surface area (Å²) in [6.45, 7) is 3.59. The van der Waals surface area contributed by atoms with Crippen molar-refractivity contribution in [3.05, 3.63) is 31.5 Å². The van der Waals surface area contributed by atoms with Crippen molar-refractivity contribution in [2.45, 2.75) is 26.4 Å². The number of rotatable bonds is 2. The van der Waals surface area contributed by atoms with Gasteiger partial charge in [0.1, 0.15) is 4.60 Å². The minimum atomic E-state index is -0.684. The molecule has 2 aromatic rings. The highest BCUT2D eigenvalue weighted by molar-refractivity contribution is 9.10. The Balaban J connectivity index is 3.06. The zero-order valence-electron chi connectivity index (χ0n) is 10.4. The van der Waals surface area contributed by atoms with Crippen LogP contribution in [0.3, 0.4) is 0 Å². The van der Waals surface area contributed by atoms with E-state index in [9.17, 15) is 9.59 Å². The molecule has 2 rings (SSSR count). The van der Waals surface area contributed by atoms with Crippen LogP contribution in [0.25, 0.3) is 11.3 Å². The maximum Gasteiger partial charge on any atom is 0.319 e. The first-order chi connectivity index (χ1) is 8.97. The first-order valence-corrected chi connectivity index (χ1v) is 6.37. The largest absolute Gasteiger partial charge is 0.319 e. The van der Waals surface area contributed by atoms with Gasteiger partial charge in [-0.05, 0) is 29.8 Å². The molecule has 0 saturated heterocycles. The molecule has 0 saturated carbocycles. The molecule has 0 radical (unpaired) electrons. The number of hydrogen-bond acceptors (Lipinski definition) is 4. The summed E-state index contributed by atoms with van der Waals surface area (Å²) in [7, 11) is 0. The molecule has 0 aliphatic rings. The monoisotopic (exact) mass is 322 g/mol. The van der Waals surface area contributed by atoms with Crippen molar-refractivity contribution in [2.75, 3.05) is 0 Å². The molecule has 19 heavy (non-hydrogen) atoms. The van der Waals surface area contributed by atoms with E-state index in [0.29, 0.717) is 15.9 Å². The molecule has 98 valence electrons. The fourth-order valence-electron chi connectivity index (χ4n) is 1.83. The molecule has 0 spiro atoms. The first kappa shape index (κ1) is 13.5. The molecular weight excluding hydrogens is 312 g/mol. The summed E-state index contributed by atoms with van der Waals surface area (Å²) in [5, 5.41) is 0. The van der Waals surface area contributed by atoms with E-state index >= 15 is 0 Å². The van der Waals surface area contributed by atoms with Gasteiger partial charge in [0.2, 0.25) is 0 Å². The fourth-order valence-corrected chi connectivity index (χ4v) is 2.10. The van der Waals surface area contributed by atoms with E-state index in [-0.39, 0.29) is 12.6 Å². The number of fused-ring (bicyclic) bond motifs is 1. The van der Waals surface area contributed by atoms with Gasteiger partial charge in [-0.3, -0.25) is 18.7 Å². The molecule has 0 aliphatic carbocycles. The predicted octanol–water partition coefficient (Wildman–Crippen LogP) is 0.930. The third kappa shape index (κ3) is 2.19. The van der Waals surface area contributed by atoms with E-state index in [1.807, 2.05) is 0 Å². The minimum absolute atomic E-state index is 0.0141. The second-order valence-electron chi connectivity index (χ2n) is 4.20. The Morgan fingerprint density at radius 1 is 1.37 bits per heavy atom. The summed E-state index contributed by atoms with van der Waals surface area (Å²) in [6.07, 6.45) is 6.68. The molecule has 0 amide bonds. The zero-order valence-corrected chi connectivity index (χ0v) is 12.0. The van der Waals surface area contributed by atoms with Crippen LogP contribution in [-0.4, -0.2) is 19.1 Å². The van der Waals surface area contributed by atoms with Gasteiger partial charge < -0.3 is 0 Å². The van der Waals surface area contributed by atoms with Gasteiger partial charge in [0.25, 0.3) is 0 Å². The number of halogens is 1. The van der Waals surface area contributed by atoms with Gasteiger partial charge in [-0.25, -0.2) is 9.97 Å². The van der Waals surface area contributed by atoms with Crippen LogP contribution < -0.4 is 11.1 Å². The Bertz CT molecular complexity index is 798. The van der Waals surface area contributed by atoms with Crippen LogP contribution in [0.2, 0.25) is 0 Å². The van der Waals surface area contributed by atoms with E-state index in [2.05, 4.69) is 31.8 Å². The van der Waals surface area contributed by atoms with E-state index in [0.717, 1.165) is 4.57 Å². The van der Waals surface area contributed by atoms with Crippen molar-refractivity contribution in [1.29, 1.82) is 0 Å². The molecular formula is C12H11BrN4O2. The SMILES string of the molecule is C#CCn1c(=O)c(=O)n(C(C)C)c2nc(Br)cnc21. The maximum absolute atomic E-state index is 12.1. The highest BCUT2D eigenvalue weighted by Gasteiger charge is 2.16. The highest BCUT2D eigenvalue weighted by atomic mass is 79.9. The number of terminal acetylenes is 1. The molecule has 0 N–H and O–H groups in total. The maximum atomic E-state index is 12.1. The van der Waals surface area contributed by atoms with Crippen LogP contribution >= 0.6 is 15.9 Å². The smallest absolute Gasteiger partial charge is 0.283 e. The Morgan fingerprint density at radius 2 is 2.05 bits per heavy atom. The summed E-state index contributed by atoms with van der Waals surface area (Å²) >= 11 is 3.21. The Labute approximate surface area is 117 Å². The van der Waals surface area contributed by atoms with Crippen molar-refractivity contribution in [2.24, 2.45) is 0 Å². The summed E-state index contributed by atoms with van der Waals surface area (Å²) < 4.78 is 2.97. The topological polar surface area (TPSA) is 69.8 Å². The molecule has 2 heterocycles. The van der Waals surface area contributed by atoms with Crippen LogP contribution in [0, 0.1) is 12.3 Å². The lowest BCUT2D eigenvalue weighted by molar-refractivity contribution is 0.575. The summed E-state index contributed by atoms with van der Waals surface area (Å²) in [5.41, 5.74) is -0.690. The van der Waals surface area contributed by atoms with Crippen molar-refractivity contribution < 1.29 is 0 Å². The molecule has 2 aromatic heterocycles. The second kappa shape index (κ2) is 4.97. The van der Waals surface area contributed by atoms with E-state index in [4.69, 9.17) is 6.42 Å². The van der Waals surface area contributed by atoms with Crippen LogP contribution in [0.1, 0.15) is 19.9 Å². The molecule has 0 atom stereocenters. The normalized spacial score (nSPS) is 10.9. The average molecular weight is 323 g/mol. The quantitative estimate of drug-likeness (QED) is 0.609. The van der Waals surface area contributed by atoms with Gasteiger partial charge in [0.15, 0.2) is 11.3 Å². The summed E-state index contributed by atoms with van der Waals surface area (Å²) in [5.74, 6) is 2.34. The van der Waals surface area contributed by atoms with Crippen molar-refractivity contribution in [3.63, 3.8) is 0 Å². The number of nitrogens with zero attached hydrogens (tertiary/aromatic N) is 4. The fraction of sp³-hybridized carbons (Fsp3) is 0.333. The van der Waals surface area contributed by atoms with E-state index in [1.54, 1.807) is 13.8 Å². The first-order valence-electron chi connectivity index (χ1n) is 5.58. The van der Waals surface area contributed by atoms with E-state index < -0.39 is 11.1 Å². The molecule has 6 nitrogen and oxygen atoms in total. The van der Waals surface area contributed by atoms with Crippen LogP contribution in [0.15, 0.2) is 20.4 Å². The lowest BCUT2D eigenvalue weighted by Gasteiger charge is -2.14. The highest BCUT2D eigenvalue weighted by Crippen LogP contribution is 2.13. The third-order valence-corrected chi connectivity index (χ3v) is 2.98. The number of hydrogen-bond donors (Lipinski definition) is 0. The number of aromatic nitrogens is 4. The van der Waals surface area contributed by atoms with Gasteiger partial charge in [-0.15, -0.1) is 6.42 Å². The Kier molecular flexibility index (Phi) is 3.53. The van der Waals surface area contributed by atoms with Crippen molar-refractivity contribution in [1.82, 2.24) is 19.1 Å². The van der Waals surface area contributed by atoms with Crippen molar-refractivity contribution in [3.8, 4) is 12.3 Å². The summed E-state index contributed by atoms with van der Waals surface area (Å²) in [4.78, 5) is 32.5. The lowest BCUT2D eigenvalue weighted by Crippen LogP contribution is -2.42. The standard InChI is InChI=1S/C12H11BrN4O2/c1-4-5-16-9-10(15-8(13)6-14-9)17(7(2)3)12(19)11(16)18/h1,6-7H,5H2,2-3H3. The molecule has 0 unspecified atom stereocenters.